The predicted octanol–water partition coefficient (Wildman–Crippen LogP) is 2.47. The van der Waals surface area contributed by atoms with E-state index in [0.717, 1.165) is 5.56 Å². The molecule has 0 heterocycles. The van der Waals surface area contributed by atoms with Crippen molar-refractivity contribution in [2.24, 2.45) is 5.92 Å². The number of nitrogens with zero attached hydrogens (tertiary/aromatic N) is 1. The molecule has 0 saturated carbocycles. The minimum atomic E-state index is -0.658. The van der Waals surface area contributed by atoms with E-state index in [9.17, 15) is 14.4 Å². The van der Waals surface area contributed by atoms with Crippen molar-refractivity contribution in [3.8, 4) is 5.75 Å². The second-order valence-corrected chi connectivity index (χ2v) is 7.39. The van der Waals surface area contributed by atoms with Gasteiger partial charge in [-0.25, -0.2) is 0 Å². The number of amides is 3. The SMILES string of the molecule is CNC(=O)c1ccc(CN(C)C(=O)C(NC(=O)c2ccc(OC)cc2)C(C)C)cc1. The highest BCUT2D eigenvalue weighted by Gasteiger charge is 2.27. The number of likely N-dealkylation sites (N-methyl/N-ethyl adjacent to an activating group) is 1. The Morgan fingerprint density at radius 3 is 1.97 bits per heavy atom. The Labute approximate surface area is 177 Å². The molecular formula is C23H29N3O4. The lowest BCUT2D eigenvalue weighted by Gasteiger charge is -2.27. The monoisotopic (exact) mass is 411 g/mol. The number of hydrogen-bond acceptors (Lipinski definition) is 4. The van der Waals surface area contributed by atoms with Crippen molar-refractivity contribution in [3.63, 3.8) is 0 Å². The van der Waals surface area contributed by atoms with Gasteiger partial charge >= 0.3 is 0 Å². The minimum Gasteiger partial charge on any atom is -0.497 e. The molecular weight excluding hydrogens is 382 g/mol. The van der Waals surface area contributed by atoms with Crippen molar-refractivity contribution in [1.29, 1.82) is 0 Å². The van der Waals surface area contributed by atoms with Gasteiger partial charge in [0.05, 0.1) is 7.11 Å². The van der Waals surface area contributed by atoms with Crippen LogP contribution in [0.4, 0.5) is 0 Å². The molecule has 0 bridgehead atoms. The van der Waals surface area contributed by atoms with Crippen LogP contribution in [0.5, 0.6) is 5.75 Å². The molecule has 2 N–H and O–H groups in total. The number of benzene rings is 2. The number of hydrogen-bond donors (Lipinski definition) is 2. The fourth-order valence-corrected chi connectivity index (χ4v) is 2.98. The molecule has 160 valence electrons. The molecule has 0 fully saturated rings. The molecule has 0 saturated heterocycles. The van der Waals surface area contributed by atoms with Crippen molar-refractivity contribution in [3.05, 3.63) is 65.2 Å². The van der Waals surface area contributed by atoms with E-state index in [2.05, 4.69) is 10.6 Å². The highest BCUT2D eigenvalue weighted by Crippen LogP contribution is 2.14. The molecule has 0 aromatic heterocycles. The van der Waals surface area contributed by atoms with Crippen molar-refractivity contribution in [2.45, 2.75) is 26.4 Å². The molecule has 30 heavy (non-hydrogen) atoms. The van der Waals surface area contributed by atoms with Crippen LogP contribution in [-0.4, -0.2) is 49.9 Å². The molecule has 0 aliphatic rings. The van der Waals surface area contributed by atoms with Gasteiger partial charge < -0.3 is 20.3 Å². The summed E-state index contributed by atoms with van der Waals surface area (Å²) in [5.41, 5.74) is 1.91. The van der Waals surface area contributed by atoms with Gasteiger partial charge in [-0.05, 0) is 47.9 Å². The van der Waals surface area contributed by atoms with Crippen LogP contribution in [0, 0.1) is 5.92 Å². The highest BCUT2D eigenvalue weighted by molar-refractivity contribution is 5.97. The molecule has 0 aliphatic carbocycles. The van der Waals surface area contributed by atoms with Gasteiger partial charge in [0, 0.05) is 31.8 Å². The van der Waals surface area contributed by atoms with E-state index >= 15 is 0 Å². The van der Waals surface area contributed by atoms with E-state index in [1.165, 1.54) is 0 Å². The third kappa shape index (κ3) is 5.83. The van der Waals surface area contributed by atoms with E-state index in [0.29, 0.717) is 23.4 Å². The highest BCUT2D eigenvalue weighted by atomic mass is 16.5. The maximum Gasteiger partial charge on any atom is 0.251 e. The molecule has 1 unspecified atom stereocenters. The van der Waals surface area contributed by atoms with Crippen LogP contribution >= 0.6 is 0 Å². The molecule has 2 aromatic rings. The zero-order valence-electron chi connectivity index (χ0n) is 18.1. The van der Waals surface area contributed by atoms with E-state index in [4.69, 9.17) is 4.74 Å². The van der Waals surface area contributed by atoms with Crippen molar-refractivity contribution in [2.75, 3.05) is 21.2 Å². The lowest BCUT2D eigenvalue weighted by Crippen LogP contribution is -2.50. The molecule has 3 amide bonds. The van der Waals surface area contributed by atoms with E-state index in [-0.39, 0.29) is 23.6 Å². The Kier molecular flexibility index (Phi) is 7.98. The van der Waals surface area contributed by atoms with Gasteiger partial charge in [0.15, 0.2) is 0 Å². The van der Waals surface area contributed by atoms with Crippen molar-refractivity contribution >= 4 is 17.7 Å². The smallest absolute Gasteiger partial charge is 0.251 e. The summed E-state index contributed by atoms with van der Waals surface area (Å²) in [5, 5.41) is 5.42. The third-order valence-electron chi connectivity index (χ3n) is 4.81. The Morgan fingerprint density at radius 2 is 1.47 bits per heavy atom. The van der Waals surface area contributed by atoms with Crippen LogP contribution in [-0.2, 0) is 11.3 Å². The number of ether oxygens (including phenoxy) is 1. The first kappa shape index (κ1) is 22.9. The predicted molar refractivity (Wildman–Crippen MR) is 115 cm³/mol. The van der Waals surface area contributed by atoms with E-state index in [1.54, 1.807) is 62.5 Å². The maximum atomic E-state index is 13.0. The molecule has 0 aliphatic heterocycles. The third-order valence-corrected chi connectivity index (χ3v) is 4.81. The fourth-order valence-electron chi connectivity index (χ4n) is 2.98. The first-order valence-electron chi connectivity index (χ1n) is 9.77. The van der Waals surface area contributed by atoms with Crippen LogP contribution in [0.2, 0.25) is 0 Å². The normalized spacial score (nSPS) is 11.5. The van der Waals surface area contributed by atoms with Crippen molar-refractivity contribution < 1.29 is 19.1 Å². The van der Waals surface area contributed by atoms with Gasteiger partial charge in [0.1, 0.15) is 11.8 Å². The summed E-state index contributed by atoms with van der Waals surface area (Å²) in [7, 11) is 4.84. The Bertz CT molecular complexity index is 876. The second-order valence-electron chi connectivity index (χ2n) is 7.39. The minimum absolute atomic E-state index is 0.0854. The average Bonchev–Trinajstić information content (AvgIpc) is 2.76. The lowest BCUT2D eigenvalue weighted by atomic mass is 10.0. The quantitative estimate of drug-likeness (QED) is 0.699. The first-order chi connectivity index (χ1) is 14.3. The van der Waals surface area contributed by atoms with Crippen LogP contribution in [0.1, 0.15) is 40.1 Å². The van der Waals surface area contributed by atoms with Crippen LogP contribution in [0.15, 0.2) is 48.5 Å². The van der Waals surface area contributed by atoms with Gasteiger partial charge in [-0.1, -0.05) is 26.0 Å². The zero-order chi connectivity index (χ0) is 22.3. The summed E-state index contributed by atoms with van der Waals surface area (Å²) in [5.74, 6) is -0.0784. The largest absolute Gasteiger partial charge is 0.497 e. The van der Waals surface area contributed by atoms with E-state index < -0.39 is 6.04 Å². The summed E-state index contributed by atoms with van der Waals surface area (Å²) in [6, 6.07) is 13.1. The maximum absolute atomic E-state index is 13.0. The average molecular weight is 412 g/mol. The summed E-state index contributed by atoms with van der Waals surface area (Å²) in [6.45, 7) is 4.15. The molecule has 2 aromatic carbocycles. The summed E-state index contributed by atoms with van der Waals surface area (Å²) < 4.78 is 5.11. The standard InChI is InChI=1S/C23H29N3O4/c1-15(2)20(25-22(28)18-10-12-19(30-5)13-11-18)23(29)26(4)14-16-6-8-17(9-7-16)21(27)24-3/h6-13,15,20H,14H2,1-5H3,(H,24,27)(H,25,28). The van der Waals surface area contributed by atoms with Gasteiger partial charge in [-0.2, -0.15) is 0 Å². The topological polar surface area (TPSA) is 87.7 Å². The first-order valence-corrected chi connectivity index (χ1v) is 9.77. The number of carbonyl (C=O) groups is 3. The Balaban J connectivity index is 2.06. The number of methoxy groups -OCH3 is 1. The summed E-state index contributed by atoms with van der Waals surface area (Å²) >= 11 is 0. The van der Waals surface area contributed by atoms with Gasteiger partial charge in [0.25, 0.3) is 11.8 Å². The van der Waals surface area contributed by atoms with E-state index in [1.807, 2.05) is 26.0 Å². The molecule has 2 rings (SSSR count). The molecule has 7 nitrogen and oxygen atoms in total. The number of carbonyl (C=O) groups excluding carboxylic acids is 3. The van der Waals surface area contributed by atoms with Gasteiger partial charge in [-0.3, -0.25) is 14.4 Å². The van der Waals surface area contributed by atoms with Gasteiger partial charge in [0.2, 0.25) is 5.91 Å². The number of rotatable bonds is 8. The lowest BCUT2D eigenvalue weighted by molar-refractivity contribution is -0.133. The summed E-state index contributed by atoms with van der Waals surface area (Å²) in [4.78, 5) is 38.8. The van der Waals surface area contributed by atoms with Gasteiger partial charge in [-0.15, -0.1) is 0 Å². The Morgan fingerprint density at radius 1 is 0.933 bits per heavy atom. The molecule has 0 radical (unpaired) electrons. The Hall–Kier alpha value is -3.35. The molecule has 0 spiro atoms. The van der Waals surface area contributed by atoms with Crippen LogP contribution < -0.4 is 15.4 Å². The van der Waals surface area contributed by atoms with Crippen molar-refractivity contribution in [1.82, 2.24) is 15.5 Å². The molecule has 7 heteroatoms. The molecule has 1 atom stereocenters. The van der Waals surface area contributed by atoms with Crippen LogP contribution in [0.25, 0.3) is 0 Å². The zero-order valence-corrected chi connectivity index (χ0v) is 18.1. The summed E-state index contributed by atoms with van der Waals surface area (Å²) in [6.07, 6.45) is 0. The number of nitrogens with one attached hydrogen (secondary N) is 2. The second kappa shape index (κ2) is 10.4. The van der Waals surface area contributed by atoms with Crippen LogP contribution in [0.3, 0.4) is 0 Å². The fraction of sp³-hybridized carbons (Fsp3) is 0.348.